The lowest BCUT2D eigenvalue weighted by atomic mass is 10.1. The predicted molar refractivity (Wildman–Crippen MR) is 53.0 cm³/mol. The Labute approximate surface area is 84.6 Å². The van der Waals surface area contributed by atoms with Crippen molar-refractivity contribution in [1.29, 1.82) is 0 Å². The molecule has 1 unspecified atom stereocenters. The highest BCUT2D eigenvalue weighted by molar-refractivity contribution is 5.81. The monoisotopic (exact) mass is 198 g/mol. The Hall–Kier alpha value is -0.610. The molecule has 2 saturated heterocycles. The van der Waals surface area contributed by atoms with Crippen LogP contribution < -0.4 is 5.32 Å². The average Bonchev–Trinajstić information content (AvgIpc) is 2.87. The van der Waals surface area contributed by atoms with Gasteiger partial charge in [0.2, 0.25) is 0 Å². The van der Waals surface area contributed by atoms with Gasteiger partial charge < -0.3 is 15.0 Å². The summed E-state index contributed by atoms with van der Waals surface area (Å²) in [6, 6.07) is 0.367. The fourth-order valence-corrected chi connectivity index (χ4v) is 2.15. The minimum atomic E-state index is -0.166. The molecule has 2 atom stereocenters. The van der Waals surface area contributed by atoms with Crippen LogP contribution in [0.3, 0.4) is 0 Å². The maximum Gasteiger partial charge on any atom is 0.251 e. The smallest absolute Gasteiger partial charge is 0.251 e. The molecular formula is C10H18N2O2. The first-order chi connectivity index (χ1) is 6.79. The van der Waals surface area contributed by atoms with Gasteiger partial charge in [-0.2, -0.15) is 0 Å². The molecule has 2 aliphatic heterocycles. The Bertz CT molecular complexity index is 208. The Balaban J connectivity index is 1.89. The van der Waals surface area contributed by atoms with Crippen LogP contribution >= 0.6 is 0 Å². The van der Waals surface area contributed by atoms with E-state index in [0.29, 0.717) is 6.04 Å². The van der Waals surface area contributed by atoms with Crippen molar-refractivity contribution in [3.8, 4) is 0 Å². The lowest BCUT2D eigenvalue weighted by molar-refractivity contribution is -0.141. The molecular weight excluding hydrogens is 180 g/mol. The van der Waals surface area contributed by atoms with Crippen LogP contribution in [0.15, 0.2) is 0 Å². The van der Waals surface area contributed by atoms with Gasteiger partial charge in [-0.25, -0.2) is 0 Å². The molecule has 0 aromatic rings. The lowest BCUT2D eigenvalue weighted by Crippen LogP contribution is -2.43. The molecule has 2 heterocycles. The first-order valence-corrected chi connectivity index (χ1v) is 5.38. The SMILES string of the molecule is CN(C(=O)[C@H]1CCCO1)C1CCNC1. The molecule has 1 N–H and O–H groups in total. The van der Waals surface area contributed by atoms with Crippen LogP contribution in [-0.4, -0.2) is 49.7 Å². The highest BCUT2D eigenvalue weighted by atomic mass is 16.5. The van der Waals surface area contributed by atoms with Crippen molar-refractivity contribution in [3.63, 3.8) is 0 Å². The van der Waals surface area contributed by atoms with Crippen molar-refractivity contribution in [1.82, 2.24) is 10.2 Å². The van der Waals surface area contributed by atoms with E-state index in [0.717, 1.165) is 39.0 Å². The van der Waals surface area contributed by atoms with Gasteiger partial charge in [-0.1, -0.05) is 0 Å². The van der Waals surface area contributed by atoms with Gasteiger partial charge in [-0.15, -0.1) is 0 Å². The highest BCUT2D eigenvalue weighted by Gasteiger charge is 2.30. The second-order valence-corrected chi connectivity index (χ2v) is 4.10. The topological polar surface area (TPSA) is 41.6 Å². The molecule has 0 bridgehead atoms. The van der Waals surface area contributed by atoms with Crippen molar-refractivity contribution < 1.29 is 9.53 Å². The van der Waals surface area contributed by atoms with E-state index in [4.69, 9.17) is 4.74 Å². The summed E-state index contributed by atoms with van der Waals surface area (Å²) in [7, 11) is 1.89. The number of carbonyl (C=O) groups excluding carboxylic acids is 1. The molecule has 2 aliphatic rings. The Kier molecular flexibility index (Phi) is 3.03. The summed E-state index contributed by atoms with van der Waals surface area (Å²) < 4.78 is 5.38. The van der Waals surface area contributed by atoms with Crippen LogP contribution in [-0.2, 0) is 9.53 Å². The van der Waals surface area contributed by atoms with Crippen LogP contribution in [0.25, 0.3) is 0 Å². The van der Waals surface area contributed by atoms with Gasteiger partial charge in [-0.05, 0) is 25.8 Å². The molecule has 4 heteroatoms. The predicted octanol–water partition coefficient (Wildman–Crippen LogP) is -0.0143. The first-order valence-electron chi connectivity index (χ1n) is 5.38. The number of likely N-dealkylation sites (N-methyl/N-ethyl adjacent to an activating group) is 1. The number of hydrogen-bond acceptors (Lipinski definition) is 3. The number of carbonyl (C=O) groups is 1. The van der Waals surface area contributed by atoms with Gasteiger partial charge in [-0.3, -0.25) is 4.79 Å². The molecule has 80 valence electrons. The van der Waals surface area contributed by atoms with Crippen LogP contribution in [0.4, 0.5) is 0 Å². The molecule has 0 aromatic heterocycles. The number of ether oxygens (including phenoxy) is 1. The molecule has 1 amide bonds. The standard InChI is InChI=1S/C10H18N2O2/c1-12(8-4-5-11-7-8)10(13)9-3-2-6-14-9/h8-9,11H,2-7H2,1H3/t8?,9-/m1/s1. The fourth-order valence-electron chi connectivity index (χ4n) is 2.15. The zero-order chi connectivity index (χ0) is 9.97. The Morgan fingerprint density at radius 3 is 2.93 bits per heavy atom. The molecule has 0 saturated carbocycles. The van der Waals surface area contributed by atoms with Crippen molar-refractivity contribution in [2.24, 2.45) is 0 Å². The van der Waals surface area contributed by atoms with Crippen molar-refractivity contribution in [2.75, 3.05) is 26.7 Å². The summed E-state index contributed by atoms with van der Waals surface area (Å²) >= 11 is 0. The minimum Gasteiger partial charge on any atom is -0.368 e. The molecule has 4 nitrogen and oxygen atoms in total. The lowest BCUT2D eigenvalue weighted by Gasteiger charge is -2.26. The second kappa shape index (κ2) is 4.28. The third-order valence-corrected chi connectivity index (χ3v) is 3.13. The van der Waals surface area contributed by atoms with E-state index in [9.17, 15) is 4.79 Å². The van der Waals surface area contributed by atoms with E-state index in [2.05, 4.69) is 5.32 Å². The van der Waals surface area contributed by atoms with Gasteiger partial charge in [0.1, 0.15) is 6.10 Å². The molecule has 0 aromatic carbocycles. The average molecular weight is 198 g/mol. The van der Waals surface area contributed by atoms with E-state index in [-0.39, 0.29) is 12.0 Å². The highest BCUT2D eigenvalue weighted by Crippen LogP contribution is 2.16. The zero-order valence-corrected chi connectivity index (χ0v) is 8.66. The summed E-state index contributed by atoms with van der Waals surface area (Å²) in [5.41, 5.74) is 0. The number of rotatable bonds is 2. The molecule has 2 rings (SSSR count). The van der Waals surface area contributed by atoms with Crippen LogP contribution in [0.1, 0.15) is 19.3 Å². The van der Waals surface area contributed by atoms with E-state index in [1.807, 2.05) is 11.9 Å². The van der Waals surface area contributed by atoms with Crippen LogP contribution in [0.5, 0.6) is 0 Å². The number of hydrogen-bond donors (Lipinski definition) is 1. The quantitative estimate of drug-likeness (QED) is 0.678. The molecule has 2 fully saturated rings. The Morgan fingerprint density at radius 2 is 2.36 bits per heavy atom. The summed E-state index contributed by atoms with van der Waals surface area (Å²) in [6.45, 7) is 2.69. The molecule has 14 heavy (non-hydrogen) atoms. The van der Waals surface area contributed by atoms with Gasteiger partial charge in [0.05, 0.1) is 0 Å². The van der Waals surface area contributed by atoms with E-state index >= 15 is 0 Å². The molecule has 0 aliphatic carbocycles. The van der Waals surface area contributed by atoms with Crippen LogP contribution in [0.2, 0.25) is 0 Å². The van der Waals surface area contributed by atoms with Gasteiger partial charge in [0, 0.05) is 26.2 Å². The van der Waals surface area contributed by atoms with E-state index in [1.165, 1.54) is 0 Å². The van der Waals surface area contributed by atoms with Crippen molar-refractivity contribution in [2.45, 2.75) is 31.4 Å². The summed E-state index contributed by atoms with van der Waals surface area (Å²) in [5, 5.41) is 3.26. The van der Waals surface area contributed by atoms with Gasteiger partial charge in [0.25, 0.3) is 5.91 Å². The summed E-state index contributed by atoms with van der Waals surface area (Å²) in [6.07, 6.45) is 2.81. The Morgan fingerprint density at radius 1 is 1.50 bits per heavy atom. The maximum atomic E-state index is 11.9. The maximum absolute atomic E-state index is 11.9. The largest absolute Gasteiger partial charge is 0.368 e. The van der Waals surface area contributed by atoms with Crippen LogP contribution in [0, 0.1) is 0 Å². The normalized spacial score (nSPS) is 32.1. The fraction of sp³-hybridized carbons (Fsp3) is 0.900. The minimum absolute atomic E-state index is 0.163. The van der Waals surface area contributed by atoms with Crippen molar-refractivity contribution >= 4 is 5.91 Å². The van der Waals surface area contributed by atoms with Gasteiger partial charge in [0.15, 0.2) is 0 Å². The summed E-state index contributed by atoms with van der Waals surface area (Å²) in [5.74, 6) is 0.163. The number of amides is 1. The second-order valence-electron chi connectivity index (χ2n) is 4.10. The third-order valence-electron chi connectivity index (χ3n) is 3.13. The first kappa shape index (κ1) is 9.93. The number of nitrogens with one attached hydrogen (secondary N) is 1. The number of nitrogens with zero attached hydrogens (tertiary/aromatic N) is 1. The third kappa shape index (κ3) is 1.91. The van der Waals surface area contributed by atoms with E-state index < -0.39 is 0 Å². The van der Waals surface area contributed by atoms with E-state index in [1.54, 1.807) is 0 Å². The van der Waals surface area contributed by atoms with Gasteiger partial charge >= 0.3 is 0 Å². The summed E-state index contributed by atoms with van der Waals surface area (Å²) in [4.78, 5) is 13.8. The van der Waals surface area contributed by atoms with Crippen molar-refractivity contribution in [3.05, 3.63) is 0 Å². The zero-order valence-electron chi connectivity index (χ0n) is 8.66. The molecule has 0 radical (unpaired) electrons. The molecule has 0 spiro atoms.